The number of rotatable bonds is 1. The fourth-order valence-electron chi connectivity index (χ4n) is 1.25. The summed E-state index contributed by atoms with van der Waals surface area (Å²) in [6.45, 7) is 0.662. The van der Waals surface area contributed by atoms with Gasteiger partial charge in [0.05, 0.1) is 12.2 Å². The van der Waals surface area contributed by atoms with Gasteiger partial charge in [-0.05, 0) is 24.3 Å². The SMILES string of the molecule is NC1=CCN(c2cccc(F)c2)N1. The summed E-state index contributed by atoms with van der Waals surface area (Å²) in [5.74, 6) is 0.356. The van der Waals surface area contributed by atoms with Crippen molar-refractivity contribution in [2.24, 2.45) is 5.73 Å². The highest BCUT2D eigenvalue weighted by Crippen LogP contribution is 2.15. The van der Waals surface area contributed by atoms with Crippen LogP contribution in [0.25, 0.3) is 0 Å². The summed E-state index contributed by atoms with van der Waals surface area (Å²) in [6.07, 6.45) is 1.84. The first kappa shape index (κ1) is 7.91. The monoisotopic (exact) mass is 179 g/mol. The standard InChI is InChI=1S/C9H10FN3/c10-7-2-1-3-8(6-7)13-5-4-9(11)12-13/h1-4,6,12H,5,11H2. The lowest BCUT2D eigenvalue weighted by molar-refractivity contribution is 0.626. The van der Waals surface area contributed by atoms with Gasteiger partial charge in [-0.1, -0.05) is 6.07 Å². The van der Waals surface area contributed by atoms with Crippen molar-refractivity contribution in [1.82, 2.24) is 5.43 Å². The second-order valence-electron chi connectivity index (χ2n) is 2.86. The predicted octanol–water partition coefficient (Wildman–Crippen LogP) is 0.950. The summed E-state index contributed by atoms with van der Waals surface area (Å²) in [4.78, 5) is 0. The molecule has 1 heterocycles. The Labute approximate surface area is 75.6 Å². The summed E-state index contributed by atoms with van der Waals surface area (Å²) in [5.41, 5.74) is 9.19. The fraction of sp³-hybridized carbons (Fsp3) is 0.111. The van der Waals surface area contributed by atoms with Crippen molar-refractivity contribution in [2.45, 2.75) is 0 Å². The van der Waals surface area contributed by atoms with Crippen molar-refractivity contribution in [2.75, 3.05) is 11.6 Å². The molecule has 1 aromatic rings. The van der Waals surface area contributed by atoms with Crippen molar-refractivity contribution >= 4 is 5.69 Å². The van der Waals surface area contributed by atoms with Crippen LogP contribution in [0, 0.1) is 5.82 Å². The van der Waals surface area contributed by atoms with E-state index in [0.717, 1.165) is 5.69 Å². The van der Waals surface area contributed by atoms with Crippen LogP contribution in [0.2, 0.25) is 0 Å². The molecule has 13 heavy (non-hydrogen) atoms. The summed E-state index contributed by atoms with van der Waals surface area (Å²) in [7, 11) is 0. The average Bonchev–Trinajstić information content (AvgIpc) is 2.52. The van der Waals surface area contributed by atoms with Crippen molar-refractivity contribution in [3.63, 3.8) is 0 Å². The maximum absolute atomic E-state index is 12.8. The number of nitrogens with zero attached hydrogens (tertiary/aromatic N) is 1. The molecule has 0 fully saturated rings. The van der Waals surface area contributed by atoms with Gasteiger partial charge < -0.3 is 5.73 Å². The molecule has 1 aromatic carbocycles. The quantitative estimate of drug-likeness (QED) is 0.674. The summed E-state index contributed by atoms with van der Waals surface area (Å²) in [6, 6.07) is 6.36. The minimum Gasteiger partial charge on any atom is -0.384 e. The summed E-state index contributed by atoms with van der Waals surface area (Å²) < 4.78 is 12.8. The lowest BCUT2D eigenvalue weighted by atomic mass is 10.3. The number of hydrogen-bond donors (Lipinski definition) is 2. The molecule has 3 nitrogen and oxygen atoms in total. The van der Waals surface area contributed by atoms with E-state index in [1.54, 1.807) is 11.1 Å². The molecule has 1 aliphatic rings. The highest BCUT2D eigenvalue weighted by atomic mass is 19.1. The Hall–Kier alpha value is -1.71. The molecule has 68 valence electrons. The van der Waals surface area contributed by atoms with E-state index >= 15 is 0 Å². The molecule has 1 aliphatic heterocycles. The predicted molar refractivity (Wildman–Crippen MR) is 49.2 cm³/mol. The van der Waals surface area contributed by atoms with E-state index in [2.05, 4.69) is 5.43 Å². The van der Waals surface area contributed by atoms with Crippen LogP contribution >= 0.6 is 0 Å². The van der Waals surface area contributed by atoms with Crippen LogP contribution in [0.3, 0.4) is 0 Å². The van der Waals surface area contributed by atoms with Gasteiger partial charge in [-0.25, -0.2) is 4.39 Å². The highest BCUT2D eigenvalue weighted by Gasteiger charge is 2.11. The number of anilines is 1. The Morgan fingerprint density at radius 1 is 1.46 bits per heavy atom. The number of hydrogen-bond acceptors (Lipinski definition) is 3. The van der Waals surface area contributed by atoms with Crippen LogP contribution < -0.4 is 16.2 Å². The average molecular weight is 179 g/mol. The first-order valence-corrected chi connectivity index (χ1v) is 4.01. The molecule has 0 bridgehead atoms. The molecule has 0 atom stereocenters. The Bertz CT molecular complexity index is 348. The van der Waals surface area contributed by atoms with Crippen molar-refractivity contribution in [1.29, 1.82) is 0 Å². The van der Waals surface area contributed by atoms with Crippen LogP contribution in [-0.2, 0) is 0 Å². The Morgan fingerprint density at radius 2 is 2.31 bits per heavy atom. The smallest absolute Gasteiger partial charge is 0.125 e. The fourth-order valence-corrected chi connectivity index (χ4v) is 1.25. The number of nitrogens with one attached hydrogen (secondary N) is 1. The number of halogens is 1. The van der Waals surface area contributed by atoms with Gasteiger partial charge in [-0.15, -0.1) is 0 Å². The van der Waals surface area contributed by atoms with Gasteiger partial charge in [-0.3, -0.25) is 10.4 Å². The zero-order valence-electron chi connectivity index (χ0n) is 7.00. The third-order valence-electron chi connectivity index (χ3n) is 1.88. The Morgan fingerprint density at radius 3 is 2.92 bits per heavy atom. The molecule has 4 heteroatoms. The van der Waals surface area contributed by atoms with Crippen molar-refractivity contribution in [3.05, 3.63) is 42.0 Å². The first-order chi connectivity index (χ1) is 6.25. The van der Waals surface area contributed by atoms with Gasteiger partial charge in [0.2, 0.25) is 0 Å². The van der Waals surface area contributed by atoms with E-state index in [0.29, 0.717) is 12.4 Å². The largest absolute Gasteiger partial charge is 0.384 e. The van der Waals surface area contributed by atoms with Crippen LogP contribution in [0.1, 0.15) is 0 Å². The van der Waals surface area contributed by atoms with Crippen LogP contribution in [0.15, 0.2) is 36.2 Å². The van der Waals surface area contributed by atoms with Gasteiger partial charge in [0.1, 0.15) is 11.6 Å². The van der Waals surface area contributed by atoms with Gasteiger partial charge in [0.15, 0.2) is 0 Å². The van der Waals surface area contributed by atoms with Gasteiger partial charge in [0.25, 0.3) is 0 Å². The van der Waals surface area contributed by atoms with E-state index in [1.807, 2.05) is 12.1 Å². The molecular formula is C9H10FN3. The Balaban J connectivity index is 2.18. The van der Waals surface area contributed by atoms with E-state index < -0.39 is 0 Å². The maximum atomic E-state index is 12.8. The maximum Gasteiger partial charge on any atom is 0.125 e. The lowest BCUT2D eigenvalue weighted by Crippen LogP contribution is -2.33. The van der Waals surface area contributed by atoms with Gasteiger partial charge in [-0.2, -0.15) is 0 Å². The molecule has 0 aliphatic carbocycles. The van der Waals surface area contributed by atoms with Crippen molar-refractivity contribution in [3.8, 4) is 0 Å². The number of hydrazine groups is 1. The molecule has 2 rings (SSSR count). The second kappa shape index (κ2) is 2.97. The van der Waals surface area contributed by atoms with Gasteiger partial charge in [0, 0.05) is 0 Å². The molecular weight excluding hydrogens is 169 g/mol. The minimum absolute atomic E-state index is 0.246. The molecule has 0 radical (unpaired) electrons. The third-order valence-corrected chi connectivity index (χ3v) is 1.88. The van der Waals surface area contributed by atoms with Crippen LogP contribution in [-0.4, -0.2) is 6.54 Å². The third kappa shape index (κ3) is 1.56. The molecule has 0 saturated heterocycles. The second-order valence-corrected chi connectivity index (χ2v) is 2.86. The van der Waals surface area contributed by atoms with E-state index in [4.69, 9.17) is 5.73 Å². The summed E-state index contributed by atoms with van der Waals surface area (Å²) >= 11 is 0. The van der Waals surface area contributed by atoms with E-state index in [1.165, 1.54) is 12.1 Å². The zero-order valence-corrected chi connectivity index (χ0v) is 7.00. The normalized spacial score (nSPS) is 15.5. The number of nitrogens with two attached hydrogens (primary N) is 1. The molecule has 0 spiro atoms. The Kier molecular flexibility index (Phi) is 1.81. The molecule has 0 saturated carbocycles. The highest BCUT2D eigenvalue weighted by molar-refractivity contribution is 5.48. The number of benzene rings is 1. The van der Waals surface area contributed by atoms with Gasteiger partial charge >= 0.3 is 0 Å². The van der Waals surface area contributed by atoms with Crippen LogP contribution in [0.4, 0.5) is 10.1 Å². The molecule has 0 amide bonds. The zero-order chi connectivity index (χ0) is 9.26. The van der Waals surface area contributed by atoms with Crippen molar-refractivity contribution < 1.29 is 4.39 Å². The van der Waals surface area contributed by atoms with Crippen LogP contribution in [0.5, 0.6) is 0 Å². The lowest BCUT2D eigenvalue weighted by Gasteiger charge is -2.18. The first-order valence-electron chi connectivity index (χ1n) is 4.01. The molecule has 3 N–H and O–H groups in total. The minimum atomic E-state index is -0.246. The van der Waals surface area contributed by atoms with E-state index in [9.17, 15) is 4.39 Å². The summed E-state index contributed by atoms with van der Waals surface area (Å²) in [5, 5.41) is 1.78. The molecule has 0 unspecified atom stereocenters. The molecule has 0 aromatic heterocycles. The topological polar surface area (TPSA) is 41.3 Å². The van der Waals surface area contributed by atoms with E-state index in [-0.39, 0.29) is 5.82 Å².